The van der Waals surface area contributed by atoms with Crippen LogP contribution >= 0.6 is 0 Å². The second-order valence-electron chi connectivity index (χ2n) is 2.29. The molecular formula is C6H14NO-. The average Bonchev–Trinajstić information content (AvgIpc) is 1.61. The predicted octanol–water partition coefficient (Wildman–Crippen LogP) is 1.09. The van der Waals surface area contributed by atoms with E-state index in [2.05, 4.69) is 0 Å². The quantitative estimate of drug-likeness (QED) is 0.404. The Morgan fingerprint density at radius 2 is 1.88 bits per heavy atom. The lowest BCUT2D eigenvalue weighted by Gasteiger charge is -2.20. The smallest absolute Gasteiger partial charge is 0.0122 e. The second-order valence-corrected chi connectivity index (χ2v) is 2.29. The summed E-state index contributed by atoms with van der Waals surface area (Å²) in [4.78, 5) is 5.10. The minimum absolute atomic E-state index is 0.729. The first-order chi connectivity index (χ1) is 3.63. The van der Waals surface area contributed by atoms with Gasteiger partial charge in [-0.3, -0.25) is 5.92 Å². The Morgan fingerprint density at radius 1 is 1.38 bits per heavy atom. The van der Waals surface area contributed by atoms with Crippen molar-refractivity contribution in [3.8, 4) is 0 Å². The molecule has 0 bridgehead atoms. The molecule has 2 heteroatoms. The lowest BCUT2D eigenvalue weighted by Crippen LogP contribution is -2.15. The van der Waals surface area contributed by atoms with E-state index in [0.29, 0.717) is 0 Å². The molecule has 0 aromatic carbocycles. The van der Waals surface area contributed by atoms with Gasteiger partial charge in [0.1, 0.15) is 0 Å². The van der Waals surface area contributed by atoms with E-state index in [4.69, 9.17) is 4.84 Å². The van der Waals surface area contributed by atoms with E-state index in [9.17, 15) is 0 Å². The predicted molar refractivity (Wildman–Crippen MR) is 34.2 cm³/mol. The van der Waals surface area contributed by atoms with Crippen molar-refractivity contribution in [3.63, 3.8) is 0 Å². The van der Waals surface area contributed by atoms with Crippen molar-refractivity contribution in [3.05, 3.63) is 5.92 Å². The number of hydrogen-bond acceptors (Lipinski definition) is 2. The highest BCUT2D eigenvalue weighted by Crippen LogP contribution is 1.94. The zero-order valence-electron chi connectivity index (χ0n) is 6.06. The van der Waals surface area contributed by atoms with Crippen molar-refractivity contribution in [1.82, 2.24) is 5.06 Å². The van der Waals surface area contributed by atoms with Gasteiger partial charge in [0.2, 0.25) is 0 Å². The van der Waals surface area contributed by atoms with Crippen LogP contribution in [-0.4, -0.2) is 25.8 Å². The Morgan fingerprint density at radius 3 is 2.00 bits per heavy atom. The van der Waals surface area contributed by atoms with E-state index in [1.807, 2.05) is 27.9 Å². The van der Waals surface area contributed by atoms with E-state index in [-0.39, 0.29) is 0 Å². The Kier molecular flexibility index (Phi) is 3.83. The minimum Gasteiger partial charge on any atom is -0.332 e. The lowest BCUT2D eigenvalue weighted by molar-refractivity contribution is -0.113. The van der Waals surface area contributed by atoms with Crippen LogP contribution in [-0.2, 0) is 4.84 Å². The molecule has 8 heavy (non-hydrogen) atoms. The normalized spacial score (nSPS) is 11.2. The molecule has 0 saturated carbocycles. The first-order valence-corrected chi connectivity index (χ1v) is 2.72. The molecule has 0 aliphatic rings. The van der Waals surface area contributed by atoms with Crippen molar-refractivity contribution in [2.75, 3.05) is 20.7 Å². The Bertz CT molecular complexity index is 44.5. The summed E-state index contributed by atoms with van der Waals surface area (Å²) in [6.45, 7) is 4.82. The van der Waals surface area contributed by atoms with Crippen LogP contribution in [0.25, 0.3) is 0 Å². The topological polar surface area (TPSA) is 12.5 Å². The highest BCUT2D eigenvalue weighted by Gasteiger charge is 1.82. The molecule has 50 valence electrons. The van der Waals surface area contributed by atoms with E-state index in [1.54, 1.807) is 5.06 Å². The second kappa shape index (κ2) is 3.87. The van der Waals surface area contributed by atoms with Gasteiger partial charge in [0, 0.05) is 14.1 Å². The molecule has 0 amide bonds. The maximum atomic E-state index is 5.10. The fourth-order valence-corrected chi connectivity index (χ4v) is 0.258. The molecule has 2 nitrogen and oxygen atoms in total. The molecule has 0 atom stereocenters. The Hall–Kier alpha value is -0.0800. The summed E-state index contributed by atoms with van der Waals surface area (Å²) in [5.41, 5.74) is 0. The Balaban J connectivity index is 2.93. The SMILES string of the molecule is C[C-](C)CON(C)C. The van der Waals surface area contributed by atoms with Gasteiger partial charge in [-0.25, -0.2) is 0 Å². The average molecular weight is 116 g/mol. The molecule has 0 aromatic rings. The highest BCUT2D eigenvalue weighted by molar-refractivity contribution is 4.74. The van der Waals surface area contributed by atoms with Crippen molar-refractivity contribution in [2.45, 2.75) is 13.8 Å². The summed E-state index contributed by atoms with van der Waals surface area (Å²) >= 11 is 0. The summed E-state index contributed by atoms with van der Waals surface area (Å²) in [6.07, 6.45) is 0. The van der Waals surface area contributed by atoms with Crippen LogP contribution in [0.1, 0.15) is 13.8 Å². The van der Waals surface area contributed by atoms with Gasteiger partial charge in [0.25, 0.3) is 0 Å². The number of hydrogen-bond donors (Lipinski definition) is 0. The van der Waals surface area contributed by atoms with E-state index in [1.165, 1.54) is 5.92 Å². The van der Waals surface area contributed by atoms with Crippen molar-refractivity contribution in [1.29, 1.82) is 0 Å². The van der Waals surface area contributed by atoms with Gasteiger partial charge in [-0.1, -0.05) is 6.61 Å². The molecule has 0 N–H and O–H groups in total. The van der Waals surface area contributed by atoms with Gasteiger partial charge < -0.3 is 4.84 Å². The highest BCUT2D eigenvalue weighted by atomic mass is 16.7. The lowest BCUT2D eigenvalue weighted by atomic mass is 10.2. The fourth-order valence-electron chi connectivity index (χ4n) is 0.258. The molecule has 0 saturated heterocycles. The van der Waals surface area contributed by atoms with Gasteiger partial charge in [-0.05, 0) is 0 Å². The molecule has 0 spiro atoms. The molecule has 0 fully saturated rings. The summed E-state index contributed by atoms with van der Waals surface area (Å²) in [5, 5.41) is 1.70. The summed E-state index contributed by atoms with van der Waals surface area (Å²) in [6, 6.07) is 0. The molecule has 0 aliphatic heterocycles. The zero-order valence-corrected chi connectivity index (χ0v) is 6.06. The maximum absolute atomic E-state index is 5.10. The van der Waals surface area contributed by atoms with Crippen LogP contribution in [0.4, 0.5) is 0 Å². The third-order valence-corrected chi connectivity index (χ3v) is 0.611. The molecular weight excluding hydrogens is 102 g/mol. The van der Waals surface area contributed by atoms with Crippen LogP contribution in [0.15, 0.2) is 0 Å². The zero-order chi connectivity index (χ0) is 6.57. The number of nitrogens with zero attached hydrogens (tertiary/aromatic N) is 1. The van der Waals surface area contributed by atoms with Crippen LogP contribution < -0.4 is 0 Å². The molecule has 0 aromatic heterocycles. The van der Waals surface area contributed by atoms with Crippen molar-refractivity contribution in [2.24, 2.45) is 0 Å². The number of rotatable bonds is 3. The van der Waals surface area contributed by atoms with Crippen LogP contribution in [0.5, 0.6) is 0 Å². The van der Waals surface area contributed by atoms with Crippen LogP contribution in [0.2, 0.25) is 0 Å². The number of hydroxylamine groups is 2. The van der Waals surface area contributed by atoms with Crippen LogP contribution in [0.3, 0.4) is 0 Å². The Labute approximate surface area is 51.4 Å². The molecule has 0 unspecified atom stereocenters. The maximum Gasteiger partial charge on any atom is 0.0122 e. The van der Waals surface area contributed by atoms with E-state index in [0.717, 1.165) is 6.61 Å². The third kappa shape index (κ3) is 5.92. The molecule has 0 aliphatic carbocycles. The van der Waals surface area contributed by atoms with E-state index >= 15 is 0 Å². The third-order valence-electron chi connectivity index (χ3n) is 0.611. The van der Waals surface area contributed by atoms with Gasteiger partial charge >= 0.3 is 0 Å². The molecule has 0 radical (unpaired) electrons. The van der Waals surface area contributed by atoms with Gasteiger partial charge in [-0.15, -0.1) is 0 Å². The standard InChI is InChI=1S/C6H14NO/c1-6(2)5-8-7(3)4/h5H2,1-4H3/q-1. The van der Waals surface area contributed by atoms with Gasteiger partial charge in [0.05, 0.1) is 0 Å². The van der Waals surface area contributed by atoms with E-state index < -0.39 is 0 Å². The molecule has 0 rings (SSSR count). The van der Waals surface area contributed by atoms with Gasteiger partial charge in [0.15, 0.2) is 0 Å². The van der Waals surface area contributed by atoms with Gasteiger partial charge in [-0.2, -0.15) is 18.9 Å². The van der Waals surface area contributed by atoms with Crippen LogP contribution in [0, 0.1) is 5.92 Å². The van der Waals surface area contributed by atoms with Crippen molar-refractivity contribution >= 4 is 0 Å². The summed E-state index contributed by atoms with van der Waals surface area (Å²) in [7, 11) is 3.76. The van der Waals surface area contributed by atoms with Crippen molar-refractivity contribution < 1.29 is 4.84 Å². The summed E-state index contributed by atoms with van der Waals surface area (Å²) in [5.74, 6) is 1.29. The first kappa shape index (κ1) is 7.92. The minimum atomic E-state index is 0.729. The monoisotopic (exact) mass is 116 g/mol. The summed E-state index contributed by atoms with van der Waals surface area (Å²) < 4.78 is 0. The molecule has 0 heterocycles. The largest absolute Gasteiger partial charge is 0.332 e. The fraction of sp³-hybridized carbons (Fsp3) is 0.833. The first-order valence-electron chi connectivity index (χ1n) is 2.72.